The molecule has 3 aromatic rings. The zero-order valence-corrected chi connectivity index (χ0v) is 15.6. The van der Waals surface area contributed by atoms with Gasteiger partial charge in [0.2, 0.25) is 11.0 Å². The fraction of sp³-hybridized carbons (Fsp3) is 0.0625. The van der Waals surface area contributed by atoms with Crippen LogP contribution >= 0.6 is 27.3 Å². The highest BCUT2D eigenvalue weighted by Crippen LogP contribution is 2.17. The summed E-state index contributed by atoms with van der Waals surface area (Å²) in [6, 6.07) is 10.3. The molecule has 0 saturated carbocycles. The Morgan fingerprint density at radius 1 is 1.23 bits per heavy atom. The number of carbonyl (C=O) groups is 2. The Kier molecular flexibility index (Phi) is 5.87. The van der Waals surface area contributed by atoms with Gasteiger partial charge >= 0.3 is 0 Å². The van der Waals surface area contributed by atoms with E-state index in [4.69, 9.17) is 4.42 Å². The maximum Gasteiger partial charge on any atom is 0.257 e. The molecule has 0 spiro atoms. The summed E-state index contributed by atoms with van der Waals surface area (Å²) in [5.41, 5.74) is 2.86. The van der Waals surface area contributed by atoms with Crippen LogP contribution in [0.5, 0.6) is 0 Å². The minimum Gasteiger partial charge on any atom is -0.463 e. The molecule has 0 aliphatic rings. The predicted molar refractivity (Wildman–Crippen MR) is 100 cm³/mol. The van der Waals surface area contributed by atoms with Gasteiger partial charge in [0.15, 0.2) is 0 Å². The van der Waals surface area contributed by atoms with Crippen molar-refractivity contribution in [3.8, 4) is 0 Å². The van der Waals surface area contributed by atoms with Crippen LogP contribution in [0, 0.1) is 0 Å². The third kappa shape index (κ3) is 5.07. The monoisotopic (exact) mass is 433 g/mol. The zero-order chi connectivity index (χ0) is 18.4. The Balaban J connectivity index is 1.51. The van der Waals surface area contributed by atoms with Gasteiger partial charge in [0, 0.05) is 10.0 Å². The number of hydrogen-bond acceptors (Lipinski definition) is 7. The fourth-order valence-electron chi connectivity index (χ4n) is 1.86. The Morgan fingerprint density at radius 3 is 2.77 bits per heavy atom. The van der Waals surface area contributed by atoms with Gasteiger partial charge in [0.05, 0.1) is 18.9 Å². The first-order valence-electron chi connectivity index (χ1n) is 7.35. The Morgan fingerprint density at radius 2 is 2.04 bits per heavy atom. The van der Waals surface area contributed by atoms with E-state index in [0.29, 0.717) is 21.5 Å². The summed E-state index contributed by atoms with van der Waals surface area (Å²) in [7, 11) is 0. The van der Waals surface area contributed by atoms with Gasteiger partial charge in [-0.05, 0) is 36.4 Å². The fourth-order valence-corrected chi connectivity index (χ4v) is 2.85. The van der Waals surface area contributed by atoms with Crippen LogP contribution in [0.3, 0.4) is 0 Å². The molecule has 0 unspecified atom stereocenters. The van der Waals surface area contributed by atoms with Gasteiger partial charge in [-0.25, -0.2) is 5.43 Å². The quantitative estimate of drug-likeness (QED) is 0.458. The molecule has 2 amide bonds. The topological polar surface area (TPSA) is 109 Å². The molecule has 0 aliphatic heterocycles. The van der Waals surface area contributed by atoms with Gasteiger partial charge in [-0.2, -0.15) is 5.10 Å². The highest BCUT2D eigenvalue weighted by atomic mass is 79.9. The summed E-state index contributed by atoms with van der Waals surface area (Å²) in [5, 5.41) is 15.0. The number of hydrazone groups is 1. The van der Waals surface area contributed by atoms with E-state index in [0.717, 1.165) is 15.8 Å². The summed E-state index contributed by atoms with van der Waals surface area (Å²) in [6.07, 6.45) is 2.90. The van der Waals surface area contributed by atoms with Gasteiger partial charge in [0.25, 0.3) is 5.91 Å². The van der Waals surface area contributed by atoms with Crippen molar-refractivity contribution < 1.29 is 14.0 Å². The molecular formula is C16H12BrN5O3S. The Bertz CT molecular complexity index is 922. The van der Waals surface area contributed by atoms with Crippen molar-refractivity contribution in [1.29, 1.82) is 0 Å². The molecule has 8 nitrogen and oxygen atoms in total. The number of aromatic nitrogens is 2. The van der Waals surface area contributed by atoms with E-state index >= 15 is 0 Å². The average molecular weight is 434 g/mol. The molecule has 0 bridgehead atoms. The maximum atomic E-state index is 12.1. The van der Waals surface area contributed by atoms with E-state index in [9.17, 15) is 9.59 Å². The summed E-state index contributed by atoms with van der Waals surface area (Å²) in [4.78, 5) is 23.9. The third-order valence-corrected chi connectivity index (χ3v) is 4.40. The zero-order valence-electron chi connectivity index (χ0n) is 13.2. The van der Waals surface area contributed by atoms with Gasteiger partial charge in [-0.1, -0.05) is 27.3 Å². The number of benzene rings is 1. The SMILES string of the molecule is O=C(Cc1nnc(NC(=O)c2ccc(Br)cc2)s1)N/N=C\c1ccco1. The molecule has 1 aromatic carbocycles. The first-order chi connectivity index (χ1) is 12.6. The van der Waals surface area contributed by atoms with Crippen molar-refractivity contribution in [2.45, 2.75) is 6.42 Å². The first-order valence-corrected chi connectivity index (χ1v) is 8.96. The van der Waals surface area contributed by atoms with Crippen molar-refractivity contribution in [1.82, 2.24) is 15.6 Å². The predicted octanol–water partition coefficient (Wildman–Crippen LogP) is 2.84. The van der Waals surface area contributed by atoms with E-state index in [-0.39, 0.29) is 18.2 Å². The molecule has 0 radical (unpaired) electrons. The van der Waals surface area contributed by atoms with Crippen LogP contribution in [0.25, 0.3) is 0 Å². The van der Waals surface area contributed by atoms with Gasteiger partial charge in [-0.15, -0.1) is 10.2 Å². The van der Waals surface area contributed by atoms with Gasteiger partial charge in [-0.3, -0.25) is 14.9 Å². The Hall–Kier alpha value is -2.85. The van der Waals surface area contributed by atoms with Crippen molar-refractivity contribution in [3.63, 3.8) is 0 Å². The number of rotatable bonds is 6. The minimum absolute atomic E-state index is 0.00131. The van der Waals surface area contributed by atoms with Crippen LogP contribution < -0.4 is 10.7 Å². The van der Waals surface area contributed by atoms with Crippen LogP contribution in [0.15, 0.2) is 56.7 Å². The number of furan rings is 1. The van der Waals surface area contributed by atoms with Crippen molar-refractivity contribution in [2.24, 2.45) is 5.10 Å². The Labute approximate surface area is 160 Å². The molecule has 26 heavy (non-hydrogen) atoms. The molecular weight excluding hydrogens is 422 g/mol. The summed E-state index contributed by atoms with van der Waals surface area (Å²) in [6.45, 7) is 0. The molecule has 3 rings (SSSR count). The van der Waals surface area contributed by atoms with Crippen LogP contribution in [-0.4, -0.2) is 28.2 Å². The second kappa shape index (κ2) is 8.50. The van der Waals surface area contributed by atoms with Crippen LogP contribution in [-0.2, 0) is 11.2 Å². The number of hydrogen-bond donors (Lipinski definition) is 2. The summed E-state index contributed by atoms with van der Waals surface area (Å²) in [5.74, 6) is -0.124. The summed E-state index contributed by atoms with van der Waals surface area (Å²) < 4.78 is 5.94. The van der Waals surface area contributed by atoms with Crippen LogP contribution in [0.1, 0.15) is 21.1 Å². The highest BCUT2D eigenvalue weighted by molar-refractivity contribution is 9.10. The molecule has 0 atom stereocenters. The normalized spacial score (nSPS) is 10.8. The second-order valence-electron chi connectivity index (χ2n) is 4.95. The maximum absolute atomic E-state index is 12.1. The molecule has 10 heteroatoms. The number of nitrogens with one attached hydrogen (secondary N) is 2. The number of carbonyl (C=O) groups excluding carboxylic acids is 2. The van der Waals surface area contributed by atoms with E-state index < -0.39 is 0 Å². The molecule has 2 heterocycles. The summed E-state index contributed by atoms with van der Waals surface area (Å²) >= 11 is 4.44. The van der Waals surface area contributed by atoms with Crippen molar-refractivity contribution >= 4 is 50.4 Å². The smallest absolute Gasteiger partial charge is 0.257 e. The third-order valence-electron chi connectivity index (χ3n) is 3.03. The lowest BCUT2D eigenvalue weighted by Gasteiger charge is -2.00. The van der Waals surface area contributed by atoms with Gasteiger partial charge < -0.3 is 4.42 Å². The average Bonchev–Trinajstić information content (AvgIpc) is 3.28. The van der Waals surface area contributed by atoms with E-state index in [2.05, 4.69) is 42.0 Å². The largest absolute Gasteiger partial charge is 0.463 e. The highest BCUT2D eigenvalue weighted by Gasteiger charge is 2.12. The molecule has 0 fully saturated rings. The molecule has 2 aromatic heterocycles. The lowest BCUT2D eigenvalue weighted by Crippen LogP contribution is -2.19. The second-order valence-corrected chi connectivity index (χ2v) is 6.93. The van der Waals surface area contributed by atoms with Crippen molar-refractivity contribution in [2.75, 3.05) is 5.32 Å². The van der Waals surface area contributed by atoms with E-state index in [1.54, 1.807) is 36.4 Å². The van der Waals surface area contributed by atoms with Crippen LogP contribution in [0.2, 0.25) is 0 Å². The number of halogens is 1. The lowest BCUT2D eigenvalue weighted by molar-refractivity contribution is -0.120. The van der Waals surface area contributed by atoms with Crippen LogP contribution in [0.4, 0.5) is 5.13 Å². The lowest BCUT2D eigenvalue weighted by atomic mass is 10.2. The number of nitrogens with zero attached hydrogens (tertiary/aromatic N) is 3. The molecule has 132 valence electrons. The van der Waals surface area contributed by atoms with Gasteiger partial charge in [0.1, 0.15) is 10.8 Å². The van der Waals surface area contributed by atoms with E-state index in [1.807, 2.05) is 0 Å². The molecule has 0 aliphatic carbocycles. The standard InChI is InChI=1S/C16H12BrN5O3S/c17-11-5-3-10(4-6-11)15(24)19-16-22-21-14(26-16)8-13(23)20-18-9-12-2-1-7-25-12/h1-7,9H,8H2,(H,20,23)(H,19,22,24)/b18-9-. The molecule has 0 saturated heterocycles. The molecule has 2 N–H and O–H groups in total. The minimum atomic E-state index is -0.352. The first kappa shape index (κ1) is 18.0. The number of anilines is 1. The van der Waals surface area contributed by atoms with Crippen molar-refractivity contribution in [3.05, 3.63) is 63.5 Å². The number of amides is 2. The van der Waals surface area contributed by atoms with E-state index in [1.165, 1.54) is 12.5 Å².